The maximum Gasteiger partial charge on any atom is 0.203 e. The summed E-state index contributed by atoms with van der Waals surface area (Å²) in [6, 6.07) is 21.3. The van der Waals surface area contributed by atoms with Crippen LogP contribution in [0.1, 0.15) is 51.7 Å². The molecule has 0 bridgehead atoms. The second-order valence-corrected chi connectivity index (χ2v) is 11.1. The highest BCUT2D eigenvalue weighted by molar-refractivity contribution is 6.19. The van der Waals surface area contributed by atoms with Gasteiger partial charge in [0.15, 0.2) is 0 Å². The molecule has 0 amide bonds. The number of halogens is 1. The van der Waals surface area contributed by atoms with E-state index in [1.165, 1.54) is 23.3 Å². The number of nitrogens with one attached hydrogen (secondary N) is 2. The first-order valence-electron chi connectivity index (χ1n) is 15.2. The molecule has 0 spiro atoms. The van der Waals surface area contributed by atoms with Crippen LogP contribution >= 0.6 is 0 Å². The van der Waals surface area contributed by atoms with Crippen molar-refractivity contribution in [1.82, 2.24) is 10.6 Å². The van der Waals surface area contributed by atoms with E-state index in [-0.39, 0.29) is 24.0 Å². The second kappa shape index (κ2) is 17.1. The summed E-state index contributed by atoms with van der Waals surface area (Å²) in [6.45, 7) is 18.6. The number of benzene rings is 2. The summed E-state index contributed by atoms with van der Waals surface area (Å²) in [5.74, 6) is -0.260. The van der Waals surface area contributed by atoms with Gasteiger partial charge >= 0.3 is 0 Å². The van der Waals surface area contributed by atoms with Gasteiger partial charge in [0, 0.05) is 49.2 Å². The maximum atomic E-state index is 12.8. The Hall–Kier alpha value is -2.93. The third-order valence-electron chi connectivity index (χ3n) is 8.74. The third kappa shape index (κ3) is 10.1. The molecule has 2 N–H and O–H groups in total. The van der Waals surface area contributed by atoms with Crippen molar-refractivity contribution in [3.8, 4) is 0 Å². The van der Waals surface area contributed by atoms with Gasteiger partial charge in [0.1, 0.15) is 13.1 Å². The Morgan fingerprint density at radius 1 is 0.561 bits per heavy atom. The molecular weight excluding hydrogens is 532 g/mol. The first-order valence-corrected chi connectivity index (χ1v) is 15.2. The number of carbonyl (C=O) groups is 2. The lowest BCUT2D eigenvalue weighted by Gasteiger charge is -2.37. The number of nitrogens with zero attached hydrogens (tertiary/aromatic N) is 2. The number of ketones is 2. The Morgan fingerprint density at radius 2 is 0.902 bits per heavy atom. The number of quaternary nitrogens is 2. The zero-order valence-electron chi connectivity index (χ0n) is 25.5. The Morgan fingerprint density at radius 3 is 1.22 bits per heavy atom. The fourth-order valence-corrected chi connectivity index (χ4v) is 5.74. The van der Waals surface area contributed by atoms with Crippen LogP contribution in [0, 0.1) is 0 Å². The molecule has 6 nitrogen and oxygen atoms in total. The average molecular weight is 582 g/mol. The summed E-state index contributed by atoms with van der Waals surface area (Å²) in [7, 11) is 0. The molecular formula is C34H50ClN4O2+. The van der Waals surface area contributed by atoms with E-state index < -0.39 is 0 Å². The van der Waals surface area contributed by atoms with E-state index in [4.69, 9.17) is 0 Å². The van der Waals surface area contributed by atoms with Crippen LogP contribution < -0.4 is 23.0 Å². The van der Waals surface area contributed by atoms with Crippen molar-refractivity contribution in [3.05, 3.63) is 95.3 Å². The molecule has 0 aromatic heterocycles. The summed E-state index contributed by atoms with van der Waals surface area (Å²) in [5, 5.41) is 6.48. The van der Waals surface area contributed by atoms with Crippen molar-refractivity contribution < 1.29 is 31.0 Å². The van der Waals surface area contributed by atoms with Crippen LogP contribution in [-0.4, -0.2) is 72.9 Å². The first-order chi connectivity index (χ1) is 19.4. The summed E-state index contributed by atoms with van der Waals surface area (Å²) in [5.41, 5.74) is 3.51. The van der Waals surface area contributed by atoms with Gasteiger partial charge < -0.3 is 32.0 Å². The van der Waals surface area contributed by atoms with Gasteiger partial charge in [-0.3, -0.25) is 9.59 Å². The van der Waals surface area contributed by atoms with Gasteiger partial charge in [-0.25, -0.2) is 0 Å². The summed E-state index contributed by atoms with van der Waals surface area (Å²) in [4.78, 5) is 25.6. The van der Waals surface area contributed by atoms with Gasteiger partial charge in [0.05, 0.1) is 50.7 Å². The maximum absolute atomic E-state index is 12.8. The number of hydrogen-bond donors (Lipinski definition) is 2. The molecule has 41 heavy (non-hydrogen) atoms. The minimum absolute atomic E-state index is 0. The van der Waals surface area contributed by atoms with Gasteiger partial charge in [-0.15, -0.1) is 0 Å². The topological polar surface area (TPSA) is 58.2 Å². The Bertz CT molecular complexity index is 1050. The second-order valence-electron chi connectivity index (χ2n) is 11.1. The van der Waals surface area contributed by atoms with Crippen LogP contribution in [0.3, 0.4) is 0 Å². The largest absolute Gasteiger partial charge is 1.00 e. The van der Waals surface area contributed by atoms with E-state index in [0.717, 1.165) is 74.2 Å². The molecule has 0 radical (unpaired) electrons. The van der Waals surface area contributed by atoms with Crippen molar-refractivity contribution >= 4 is 11.6 Å². The van der Waals surface area contributed by atoms with Crippen LogP contribution in [0.25, 0.3) is 0 Å². The minimum atomic E-state index is -0.130. The molecule has 0 aliphatic heterocycles. The van der Waals surface area contributed by atoms with Crippen molar-refractivity contribution in [2.45, 2.75) is 53.6 Å². The Kier molecular flexibility index (Phi) is 14.3. The smallest absolute Gasteiger partial charge is 0.203 e. The van der Waals surface area contributed by atoms with E-state index in [9.17, 15) is 9.59 Å². The van der Waals surface area contributed by atoms with Crippen LogP contribution in [0.5, 0.6) is 0 Å². The lowest BCUT2D eigenvalue weighted by Crippen LogP contribution is -3.00. The number of carbonyl (C=O) groups excluding carboxylic acids is 2. The predicted octanol–water partition coefficient (Wildman–Crippen LogP) is 1.98. The summed E-state index contributed by atoms with van der Waals surface area (Å²) in [6.07, 6.45) is 4.79. The van der Waals surface area contributed by atoms with Crippen molar-refractivity contribution in [2.75, 3.05) is 52.4 Å². The highest BCUT2D eigenvalue weighted by Crippen LogP contribution is 2.17. The van der Waals surface area contributed by atoms with E-state index in [1.807, 2.05) is 0 Å². The van der Waals surface area contributed by atoms with Crippen molar-refractivity contribution in [2.24, 2.45) is 0 Å². The van der Waals surface area contributed by atoms with Crippen LogP contribution in [0.15, 0.2) is 84.2 Å². The van der Waals surface area contributed by atoms with Gasteiger partial charge in [-0.05, 0) is 27.7 Å². The van der Waals surface area contributed by atoms with Crippen molar-refractivity contribution in [3.63, 3.8) is 0 Å². The third-order valence-corrected chi connectivity index (χ3v) is 8.74. The normalized spacial score (nSPS) is 13.8. The molecule has 7 heteroatoms. The fourth-order valence-electron chi connectivity index (χ4n) is 5.74. The van der Waals surface area contributed by atoms with Gasteiger partial charge in [-0.2, -0.15) is 0 Å². The highest BCUT2D eigenvalue weighted by Gasteiger charge is 2.25. The summed E-state index contributed by atoms with van der Waals surface area (Å²) < 4.78 is 2.01. The molecule has 0 atom stereocenters. The molecule has 0 saturated carbocycles. The average Bonchev–Trinajstić information content (AvgIpc) is 2.99. The molecule has 1 aliphatic carbocycles. The zero-order chi connectivity index (χ0) is 28.8. The molecule has 0 saturated heterocycles. The number of hydrogen-bond acceptors (Lipinski definition) is 4. The monoisotopic (exact) mass is 581 g/mol. The minimum Gasteiger partial charge on any atom is -1.00 e. The molecule has 2 aromatic rings. The zero-order valence-corrected chi connectivity index (χ0v) is 26.3. The van der Waals surface area contributed by atoms with Gasteiger partial charge in [-0.1, -0.05) is 60.7 Å². The molecule has 0 fully saturated rings. The molecule has 1 aliphatic rings. The van der Waals surface area contributed by atoms with Crippen LogP contribution in [0.4, 0.5) is 0 Å². The first kappa shape index (κ1) is 34.3. The molecule has 0 unspecified atom stereocenters. The van der Waals surface area contributed by atoms with Crippen LogP contribution in [0.2, 0.25) is 0 Å². The summed E-state index contributed by atoms with van der Waals surface area (Å²) >= 11 is 0. The highest BCUT2D eigenvalue weighted by atomic mass is 35.5. The quantitative estimate of drug-likeness (QED) is 0.161. The van der Waals surface area contributed by atoms with E-state index in [2.05, 4.69) is 99.0 Å². The van der Waals surface area contributed by atoms with E-state index in [1.54, 1.807) is 0 Å². The SMILES string of the molecule is CC[N+](CC)(CCCNC1=CC(=O)C(NCCC[N+](CC)(CC)Cc2ccccc2)=CC1=O)Cc1ccccc1.[Cl-]. The lowest BCUT2D eigenvalue weighted by atomic mass is 10.1. The number of allylic oxidation sites excluding steroid dienone is 2. The fraction of sp³-hybridized carbons (Fsp3) is 0.471. The van der Waals surface area contributed by atoms with Gasteiger partial charge in [0.2, 0.25) is 11.6 Å². The molecule has 2 aromatic carbocycles. The predicted molar refractivity (Wildman–Crippen MR) is 164 cm³/mol. The van der Waals surface area contributed by atoms with E-state index >= 15 is 0 Å². The van der Waals surface area contributed by atoms with Gasteiger partial charge in [0.25, 0.3) is 0 Å². The molecule has 3 rings (SSSR count). The molecule has 0 heterocycles. The number of rotatable bonds is 18. The lowest BCUT2D eigenvalue weighted by molar-refractivity contribution is -0.937. The van der Waals surface area contributed by atoms with Crippen molar-refractivity contribution in [1.29, 1.82) is 0 Å². The van der Waals surface area contributed by atoms with Crippen LogP contribution in [-0.2, 0) is 22.7 Å². The van der Waals surface area contributed by atoms with E-state index in [0.29, 0.717) is 24.5 Å². The molecule has 224 valence electrons. The standard InChI is InChI=1S/C34H48N4O2.ClH/c1-5-37(6-2,27-29-17-11-9-12-18-29)23-15-21-35-31-25-34(40)32(26-33(31)39)36-22-16-24-38(7-3,8-4)28-30-19-13-10-14-20-30;/h9-14,17-20,25-26H,5-8,15-16,21-24,27-28H2,1-4H3;1H/p+1. The Balaban J connectivity index is 0.00000588. The Labute approximate surface area is 254 Å².